The van der Waals surface area contributed by atoms with Gasteiger partial charge in [-0.25, -0.2) is 0 Å². The second-order valence-corrected chi connectivity index (χ2v) is 4.38. The minimum Gasteiger partial charge on any atom is -0.497 e. The van der Waals surface area contributed by atoms with Gasteiger partial charge < -0.3 is 4.74 Å². The predicted molar refractivity (Wildman–Crippen MR) is 73.3 cm³/mol. The SMILES string of the molecule is COc1cc(C=O)cc(-c2c(C)cccc2C)c1. The van der Waals surface area contributed by atoms with Crippen LogP contribution in [-0.2, 0) is 0 Å². The number of carbonyl (C=O) groups excluding carboxylic acids is 1. The van der Waals surface area contributed by atoms with E-state index in [-0.39, 0.29) is 0 Å². The average Bonchev–Trinajstić information content (AvgIpc) is 2.38. The molecule has 0 saturated carbocycles. The van der Waals surface area contributed by atoms with Gasteiger partial charge in [-0.05, 0) is 54.3 Å². The lowest BCUT2D eigenvalue weighted by Gasteiger charge is -2.12. The molecular weight excluding hydrogens is 224 g/mol. The van der Waals surface area contributed by atoms with Gasteiger partial charge in [-0.1, -0.05) is 18.2 Å². The van der Waals surface area contributed by atoms with E-state index < -0.39 is 0 Å². The fraction of sp³-hybridized carbons (Fsp3) is 0.188. The molecule has 18 heavy (non-hydrogen) atoms. The molecule has 2 rings (SSSR count). The number of aryl methyl sites for hydroxylation is 2. The van der Waals surface area contributed by atoms with Crippen molar-refractivity contribution >= 4 is 6.29 Å². The molecule has 0 aromatic heterocycles. The highest BCUT2D eigenvalue weighted by Gasteiger charge is 2.08. The number of carbonyl (C=O) groups is 1. The first-order valence-electron chi connectivity index (χ1n) is 5.86. The second kappa shape index (κ2) is 5.05. The van der Waals surface area contributed by atoms with Crippen molar-refractivity contribution in [3.8, 4) is 16.9 Å². The zero-order chi connectivity index (χ0) is 13.1. The van der Waals surface area contributed by atoms with Crippen molar-refractivity contribution in [3.05, 3.63) is 53.1 Å². The molecule has 0 fully saturated rings. The highest BCUT2D eigenvalue weighted by atomic mass is 16.5. The maximum absolute atomic E-state index is 11.0. The zero-order valence-corrected chi connectivity index (χ0v) is 10.9. The van der Waals surface area contributed by atoms with Gasteiger partial charge in [-0.3, -0.25) is 4.79 Å². The first-order valence-corrected chi connectivity index (χ1v) is 5.86. The molecule has 2 nitrogen and oxygen atoms in total. The van der Waals surface area contributed by atoms with Crippen LogP contribution in [0.4, 0.5) is 0 Å². The molecule has 0 N–H and O–H groups in total. The summed E-state index contributed by atoms with van der Waals surface area (Å²) in [5.74, 6) is 0.706. The molecule has 0 aliphatic heterocycles. The van der Waals surface area contributed by atoms with Crippen molar-refractivity contribution in [1.29, 1.82) is 0 Å². The topological polar surface area (TPSA) is 26.3 Å². The van der Waals surface area contributed by atoms with Crippen molar-refractivity contribution in [2.45, 2.75) is 13.8 Å². The Morgan fingerprint density at radius 3 is 2.28 bits per heavy atom. The van der Waals surface area contributed by atoms with Crippen molar-refractivity contribution in [1.82, 2.24) is 0 Å². The number of rotatable bonds is 3. The third-order valence-corrected chi connectivity index (χ3v) is 3.07. The molecule has 92 valence electrons. The second-order valence-electron chi connectivity index (χ2n) is 4.38. The molecule has 2 aromatic rings. The maximum atomic E-state index is 11.0. The number of hydrogen-bond acceptors (Lipinski definition) is 2. The van der Waals surface area contributed by atoms with Crippen LogP contribution in [0.25, 0.3) is 11.1 Å². The Hall–Kier alpha value is -2.09. The van der Waals surface area contributed by atoms with E-state index in [0.717, 1.165) is 11.8 Å². The van der Waals surface area contributed by atoms with Crippen LogP contribution in [0, 0.1) is 13.8 Å². The Balaban J connectivity index is 2.66. The molecule has 0 radical (unpaired) electrons. The average molecular weight is 240 g/mol. The van der Waals surface area contributed by atoms with E-state index in [0.29, 0.717) is 11.3 Å². The molecule has 2 aromatic carbocycles. The fourth-order valence-electron chi connectivity index (χ4n) is 2.22. The lowest BCUT2D eigenvalue weighted by atomic mass is 9.94. The number of ether oxygens (including phenoxy) is 1. The fourth-order valence-corrected chi connectivity index (χ4v) is 2.22. The predicted octanol–water partition coefficient (Wildman–Crippen LogP) is 3.79. The summed E-state index contributed by atoms with van der Waals surface area (Å²) in [4.78, 5) is 11.0. The largest absolute Gasteiger partial charge is 0.497 e. The molecule has 0 unspecified atom stereocenters. The van der Waals surface area contributed by atoms with Crippen molar-refractivity contribution in [3.63, 3.8) is 0 Å². The lowest BCUT2D eigenvalue weighted by Crippen LogP contribution is -1.92. The monoisotopic (exact) mass is 240 g/mol. The Kier molecular flexibility index (Phi) is 3.47. The summed E-state index contributed by atoms with van der Waals surface area (Å²) in [6.45, 7) is 4.14. The van der Waals surface area contributed by atoms with Crippen LogP contribution in [0.1, 0.15) is 21.5 Å². The number of benzene rings is 2. The minimum atomic E-state index is 0.631. The van der Waals surface area contributed by atoms with Crippen LogP contribution in [-0.4, -0.2) is 13.4 Å². The molecule has 0 atom stereocenters. The highest BCUT2D eigenvalue weighted by Crippen LogP contribution is 2.30. The van der Waals surface area contributed by atoms with E-state index in [1.807, 2.05) is 18.2 Å². The summed E-state index contributed by atoms with van der Waals surface area (Å²) in [6.07, 6.45) is 0.847. The molecule has 0 heterocycles. The van der Waals surface area contributed by atoms with Crippen LogP contribution in [0.15, 0.2) is 36.4 Å². The third kappa shape index (κ3) is 2.28. The van der Waals surface area contributed by atoms with Crippen LogP contribution in [0.5, 0.6) is 5.75 Å². The highest BCUT2D eigenvalue weighted by molar-refractivity contribution is 5.82. The molecule has 0 bridgehead atoms. The molecule has 0 aliphatic carbocycles. The summed E-state index contributed by atoms with van der Waals surface area (Å²) in [5.41, 5.74) is 5.21. The van der Waals surface area contributed by atoms with Gasteiger partial charge in [0.25, 0.3) is 0 Å². The number of aldehydes is 1. The van der Waals surface area contributed by atoms with E-state index in [1.165, 1.54) is 16.7 Å². The first-order chi connectivity index (χ1) is 8.65. The van der Waals surface area contributed by atoms with Gasteiger partial charge in [-0.2, -0.15) is 0 Å². The van der Waals surface area contributed by atoms with Crippen LogP contribution in [0.3, 0.4) is 0 Å². The molecule has 0 aliphatic rings. The molecule has 0 saturated heterocycles. The Morgan fingerprint density at radius 1 is 1.06 bits per heavy atom. The van der Waals surface area contributed by atoms with Crippen molar-refractivity contribution in [2.24, 2.45) is 0 Å². The molecule has 2 heteroatoms. The summed E-state index contributed by atoms with van der Waals surface area (Å²) in [7, 11) is 1.61. The third-order valence-electron chi connectivity index (χ3n) is 3.07. The summed E-state index contributed by atoms with van der Waals surface area (Å²) in [5, 5.41) is 0. The zero-order valence-electron chi connectivity index (χ0n) is 10.9. The van der Waals surface area contributed by atoms with E-state index in [4.69, 9.17) is 4.74 Å². The smallest absolute Gasteiger partial charge is 0.150 e. The Labute approximate surface area is 107 Å². The van der Waals surface area contributed by atoms with E-state index in [9.17, 15) is 4.79 Å². The summed E-state index contributed by atoms with van der Waals surface area (Å²) in [6, 6.07) is 11.8. The van der Waals surface area contributed by atoms with Crippen molar-refractivity contribution in [2.75, 3.05) is 7.11 Å². The molecular formula is C16H16O2. The van der Waals surface area contributed by atoms with Gasteiger partial charge in [0.2, 0.25) is 0 Å². The Morgan fingerprint density at radius 2 is 1.72 bits per heavy atom. The molecule has 0 spiro atoms. The first kappa shape index (κ1) is 12.4. The van der Waals surface area contributed by atoms with E-state index in [1.54, 1.807) is 13.2 Å². The van der Waals surface area contributed by atoms with Gasteiger partial charge >= 0.3 is 0 Å². The number of methoxy groups -OCH3 is 1. The van der Waals surface area contributed by atoms with Gasteiger partial charge in [0.05, 0.1) is 7.11 Å². The Bertz CT molecular complexity index is 565. The van der Waals surface area contributed by atoms with Crippen LogP contribution < -0.4 is 4.74 Å². The summed E-state index contributed by atoms with van der Waals surface area (Å²) >= 11 is 0. The van der Waals surface area contributed by atoms with Gasteiger partial charge in [-0.15, -0.1) is 0 Å². The molecule has 0 amide bonds. The normalized spacial score (nSPS) is 10.2. The van der Waals surface area contributed by atoms with Crippen LogP contribution >= 0.6 is 0 Å². The standard InChI is InChI=1S/C16H16O2/c1-11-5-4-6-12(2)16(11)14-7-13(10-17)8-15(9-14)18-3/h4-10H,1-3H3. The van der Waals surface area contributed by atoms with Gasteiger partial charge in [0.1, 0.15) is 12.0 Å². The quantitative estimate of drug-likeness (QED) is 0.763. The number of hydrogen-bond donors (Lipinski definition) is 0. The van der Waals surface area contributed by atoms with Crippen LogP contribution in [0.2, 0.25) is 0 Å². The maximum Gasteiger partial charge on any atom is 0.150 e. The van der Waals surface area contributed by atoms with Gasteiger partial charge in [0, 0.05) is 5.56 Å². The van der Waals surface area contributed by atoms with Crippen molar-refractivity contribution < 1.29 is 9.53 Å². The minimum absolute atomic E-state index is 0.631. The van der Waals surface area contributed by atoms with E-state index >= 15 is 0 Å². The van der Waals surface area contributed by atoms with E-state index in [2.05, 4.69) is 26.0 Å². The lowest BCUT2D eigenvalue weighted by molar-refractivity contribution is 0.112. The van der Waals surface area contributed by atoms with Gasteiger partial charge in [0.15, 0.2) is 0 Å². The summed E-state index contributed by atoms with van der Waals surface area (Å²) < 4.78 is 5.24.